The first-order chi connectivity index (χ1) is 11.1. The molecular weight excluding hydrogens is 320 g/mol. The van der Waals surface area contributed by atoms with Crippen LogP contribution in [-0.4, -0.2) is 65.7 Å². The molecule has 0 amide bonds. The molecule has 0 aromatic carbocycles. The average Bonchev–Trinajstić information content (AvgIpc) is 2.61. The maximum absolute atomic E-state index is 9.60. The molecule has 0 aromatic rings. The van der Waals surface area contributed by atoms with E-state index < -0.39 is 17.9 Å². The van der Waals surface area contributed by atoms with E-state index in [-0.39, 0.29) is 5.57 Å². The van der Waals surface area contributed by atoms with E-state index in [9.17, 15) is 4.79 Å². The topological polar surface area (TPSA) is 92.7 Å². The minimum Gasteiger partial charge on any atom is -0.478 e. The Morgan fingerprint density at radius 2 is 0.958 bits per heavy atom. The van der Waals surface area contributed by atoms with Crippen LogP contribution in [0.1, 0.15) is 33.6 Å². The number of carboxylic acid groups (broad SMARTS) is 1. The largest absolute Gasteiger partial charge is 0.478 e. The highest BCUT2D eigenvalue weighted by molar-refractivity contribution is 5.84. The first kappa shape index (κ1) is 27.8. The average molecular weight is 354 g/mol. The summed E-state index contributed by atoms with van der Waals surface area (Å²) in [5.41, 5.74) is 0.176. The van der Waals surface area contributed by atoms with Gasteiger partial charge in [0.2, 0.25) is 0 Å². The van der Waals surface area contributed by atoms with Crippen molar-refractivity contribution in [1.29, 1.82) is 0 Å². The van der Waals surface area contributed by atoms with Gasteiger partial charge in [-0.25, -0.2) is 4.79 Å². The van der Waals surface area contributed by atoms with Gasteiger partial charge in [-0.15, -0.1) is 0 Å². The van der Waals surface area contributed by atoms with E-state index in [0.717, 1.165) is 0 Å². The highest BCUT2D eigenvalue weighted by atomic mass is 16.9. The molecular formula is C16H34O8. The summed E-state index contributed by atoms with van der Waals surface area (Å²) in [4.78, 5) is 9.60. The number of methoxy groups -OCH3 is 6. The molecule has 0 radical (unpaired) electrons. The second-order valence-electron chi connectivity index (χ2n) is 4.38. The fraction of sp³-hybridized carbons (Fsp3) is 0.812. The van der Waals surface area contributed by atoms with E-state index in [4.69, 9.17) is 33.5 Å². The van der Waals surface area contributed by atoms with E-state index in [1.165, 1.54) is 6.92 Å². The highest BCUT2D eigenvalue weighted by Crippen LogP contribution is 2.15. The lowest BCUT2D eigenvalue weighted by atomic mass is 10.4. The Morgan fingerprint density at radius 1 is 0.792 bits per heavy atom. The second-order valence-corrected chi connectivity index (χ2v) is 4.38. The summed E-state index contributed by atoms with van der Waals surface area (Å²) in [5, 5.41) is 7.89. The molecule has 0 saturated heterocycles. The molecule has 0 spiro atoms. The van der Waals surface area contributed by atoms with Crippen LogP contribution < -0.4 is 0 Å². The lowest BCUT2D eigenvalue weighted by Crippen LogP contribution is -2.34. The van der Waals surface area contributed by atoms with Gasteiger partial charge in [0.15, 0.2) is 0 Å². The molecule has 0 heterocycles. The third-order valence-electron chi connectivity index (χ3n) is 3.10. The summed E-state index contributed by atoms with van der Waals surface area (Å²) >= 11 is 0. The van der Waals surface area contributed by atoms with Crippen LogP contribution in [0.2, 0.25) is 0 Å². The molecule has 0 aliphatic carbocycles. The van der Waals surface area contributed by atoms with Crippen molar-refractivity contribution >= 4 is 5.97 Å². The van der Waals surface area contributed by atoms with Crippen molar-refractivity contribution in [1.82, 2.24) is 0 Å². The van der Waals surface area contributed by atoms with Crippen LogP contribution >= 0.6 is 0 Å². The second kappa shape index (κ2) is 15.5. The summed E-state index contributed by atoms with van der Waals surface area (Å²) < 4.78 is 29.6. The Kier molecular flexibility index (Phi) is 17.9. The highest BCUT2D eigenvalue weighted by Gasteiger charge is 2.26. The maximum Gasteiger partial charge on any atom is 0.330 e. The molecule has 0 rings (SSSR count). The molecule has 0 unspecified atom stereocenters. The van der Waals surface area contributed by atoms with Crippen LogP contribution in [0.4, 0.5) is 0 Å². The number of hydrogen-bond acceptors (Lipinski definition) is 7. The van der Waals surface area contributed by atoms with Crippen LogP contribution in [0.25, 0.3) is 0 Å². The van der Waals surface area contributed by atoms with Gasteiger partial charge in [-0.1, -0.05) is 20.4 Å². The van der Waals surface area contributed by atoms with Gasteiger partial charge < -0.3 is 33.5 Å². The molecule has 0 aliphatic heterocycles. The number of ether oxygens (including phenoxy) is 6. The lowest BCUT2D eigenvalue weighted by Gasteiger charge is -2.26. The van der Waals surface area contributed by atoms with E-state index in [1.54, 1.807) is 42.7 Å². The van der Waals surface area contributed by atoms with Crippen LogP contribution in [0.3, 0.4) is 0 Å². The van der Waals surface area contributed by atoms with Gasteiger partial charge >= 0.3 is 5.97 Å². The molecule has 0 bridgehead atoms. The quantitative estimate of drug-likeness (QED) is 0.499. The fourth-order valence-corrected chi connectivity index (χ4v) is 1.37. The molecule has 0 atom stereocenters. The summed E-state index contributed by atoms with van der Waals surface area (Å²) in [5.74, 6) is -2.60. The smallest absolute Gasteiger partial charge is 0.330 e. The summed E-state index contributed by atoms with van der Waals surface area (Å²) in [7, 11) is 9.31. The standard InChI is InChI=1S/2C6H14O3.C4H6O2/c2*1-5-6(7-2,8-3)9-4;1-3(2)4(5)6/h2*5H2,1-4H3;1H2,2H3,(H,5,6). The van der Waals surface area contributed by atoms with Crippen molar-refractivity contribution in [2.24, 2.45) is 0 Å². The Labute approximate surface area is 145 Å². The fourth-order valence-electron chi connectivity index (χ4n) is 1.37. The van der Waals surface area contributed by atoms with Gasteiger partial charge in [0, 0.05) is 61.1 Å². The Bertz CT molecular complexity index is 255. The van der Waals surface area contributed by atoms with Crippen molar-refractivity contribution in [3.63, 3.8) is 0 Å². The summed E-state index contributed by atoms with van der Waals surface area (Å²) in [6.45, 7) is 8.46. The van der Waals surface area contributed by atoms with Crippen LogP contribution in [0.5, 0.6) is 0 Å². The zero-order valence-corrected chi connectivity index (χ0v) is 16.4. The van der Waals surface area contributed by atoms with Crippen molar-refractivity contribution in [2.75, 3.05) is 42.7 Å². The molecule has 0 saturated carbocycles. The molecule has 8 heteroatoms. The van der Waals surface area contributed by atoms with Crippen molar-refractivity contribution in [3.8, 4) is 0 Å². The number of rotatable bonds is 9. The van der Waals surface area contributed by atoms with Crippen LogP contribution in [0.15, 0.2) is 12.2 Å². The van der Waals surface area contributed by atoms with Crippen molar-refractivity contribution < 1.29 is 38.3 Å². The first-order valence-corrected chi connectivity index (χ1v) is 7.33. The van der Waals surface area contributed by atoms with E-state index >= 15 is 0 Å². The van der Waals surface area contributed by atoms with Gasteiger partial charge in [0.05, 0.1) is 0 Å². The number of aliphatic carboxylic acids is 1. The van der Waals surface area contributed by atoms with Gasteiger partial charge in [-0.05, 0) is 6.92 Å². The van der Waals surface area contributed by atoms with Gasteiger partial charge in [-0.3, -0.25) is 0 Å². The third kappa shape index (κ3) is 11.5. The van der Waals surface area contributed by atoms with Gasteiger partial charge in [0.1, 0.15) is 0 Å². The number of hydrogen-bond donors (Lipinski definition) is 1. The van der Waals surface area contributed by atoms with E-state index in [1.807, 2.05) is 13.8 Å². The van der Waals surface area contributed by atoms with Crippen LogP contribution in [0, 0.1) is 0 Å². The Morgan fingerprint density at radius 3 is 0.958 bits per heavy atom. The molecule has 0 fully saturated rings. The predicted octanol–water partition coefficient (Wildman–Crippen LogP) is 2.63. The van der Waals surface area contributed by atoms with Crippen molar-refractivity contribution in [3.05, 3.63) is 12.2 Å². The maximum atomic E-state index is 9.60. The normalized spacial score (nSPS) is 10.9. The van der Waals surface area contributed by atoms with E-state index in [0.29, 0.717) is 12.8 Å². The molecule has 1 N–H and O–H groups in total. The molecule has 24 heavy (non-hydrogen) atoms. The van der Waals surface area contributed by atoms with Crippen LogP contribution in [-0.2, 0) is 33.2 Å². The summed E-state index contributed by atoms with van der Waals surface area (Å²) in [6, 6.07) is 0. The number of carboxylic acids is 1. The number of carbonyl (C=O) groups is 1. The minimum absolute atomic E-state index is 0.176. The lowest BCUT2D eigenvalue weighted by molar-refractivity contribution is -0.353. The first-order valence-electron chi connectivity index (χ1n) is 7.33. The molecule has 0 aromatic heterocycles. The molecule has 0 aliphatic rings. The minimum atomic E-state index is -0.935. The zero-order chi connectivity index (χ0) is 19.8. The zero-order valence-electron chi connectivity index (χ0n) is 16.4. The Balaban J connectivity index is -0.000000282. The SMILES string of the molecule is C=C(C)C(=O)O.CCC(OC)(OC)OC.CCC(OC)(OC)OC. The van der Waals surface area contributed by atoms with Gasteiger partial charge in [0.25, 0.3) is 11.9 Å². The summed E-state index contributed by atoms with van der Waals surface area (Å²) in [6.07, 6.45) is 1.35. The predicted molar refractivity (Wildman–Crippen MR) is 90.5 cm³/mol. The van der Waals surface area contributed by atoms with Gasteiger partial charge in [-0.2, -0.15) is 0 Å². The van der Waals surface area contributed by atoms with Crippen molar-refractivity contribution in [2.45, 2.75) is 45.6 Å². The van der Waals surface area contributed by atoms with E-state index in [2.05, 4.69) is 6.58 Å². The monoisotopic (exact) mass is 354 g/mol. The molecule has 146 valence electrons. The third-order valence-corrected chi connectivity index (χ3v) is 3.10. The molecule has 8 nitrogen and oxygen atoms in total. The Hall–Kier alpha value is -1.03.